The summed E-state index contributed by atoms with van der Waals surface area (Å²) in [6.07, 6.45) is 3.02. The fraction of sp³-hybridized carbons (Fsp3) is 0.500. The Morgan fingerprint density at radius 3 is 2.79 bits per heavy atom. The predicted molar refractivity (Wildman–Crippen MR) is 71.9 cm³/mol. The first-order valence-corrected chi connectivity index (χ1v) is 6.47. The van der Waals surface area contributed by atoms with Crippen LogP contribution in [0, 0.1) is 0 Å². The smallest absolute Gasteiger partial charge is 0.323 e. The number of unbranched alkanes of at least 4 members (excludes halogenated alkanes) is 2. The van der Waals surface area contributed by atoms with E-state index in [0.29, 0.717) is 12.2 Å². The molecular formula is C14H21NO4. The molecular weight excluding hydrogens is 246 g/mol. The highest BCUT2D eigenvalue weighted by Gasteiger charge is 2.17. The van der Waals surface area contributed by atoms with Crippen LogP contribution in [0.15, 0.2) is 18.2 Å². The van der Waals surface area contributed by atoms with Gasteiger partial charge in [-0.2, -0.15) is 0 Å². The van der Waals surface area contributed by atoms with Crippen molar-refractivity contribution < 1.29 is 19.7 Å². The van der Waals surface area contributed by atoms with E-state index in [1.807, 2.05) is 0 Å². The van der Waals surface area contributed by atoms with Crippen LogP contribution in [-0.4, -0.2) is 28.8 Å². The maximum absolute atomic E-state index is 11.6. The Balaban J connectivity index is 2.47. The highest BCUT2D eigenvalue weighted by Crippen LogP contribution is 2.23. The number of ether oxygens (including phenoxy) is 1. The summed E-state index contributed by atoms with van der Waals surface area (Å²) in [5, 5.41) is 18.9. The van der Waals surface area contributed by atoms with E-state index in [2.05, 4.69) is 6.92 Å². The van der Waals surface area contributed by atoms with E-state index in [0.717, 1.165) is 19.3 Å². The Hall–Kier alpha value is -1.75. The molecule has 0 aliphatic rings. The van der Waals surface area contributed by atoms with Gasteiger partial charge in [0, 0.05) is 6.42 Å². The van der Waals surface area contributed by atoms with Gasteiger partial charge in [-0.3, -0.25) is 4.79 Å². The third-order valence-electron chi connectivity index (χ3n) is 2.80. The molecule has 1 aromatic carbocycles. The first-order chi connectivity index (χ1) is 9.04. The predicted octanol–water partition coefficient (Wildman–Crippen LogP) is 1.70. The van der Waals surface area contributed by atoms with Crippen molar-refractivity contribution in [1.29, 1.82) is 0 Å². The van der Waals surface area contributed by atoms with E-state index in [1.54, 1.807) is 0 Å². The van der Waals surface area contributed by atoms with Crippen molar-refractivity contribution in [3.05, 3.63) is 23.8 Å². The average molecular weight is 267 g/mol. The average Bonchev–Trinajstić information content (AvgIpc) is 2.38. The van der Waals surface area contributed by atoms with Gasteiger partial charge < -0.3 is 20.7 Å². The second kappa shape index (κ2) is 7.63. The van der Waals surface area contributed by atoms with Gasteiger partial charge >= 0.3 is 5.97 Å². The zero-order valence-electron chi connectivity index (χ0n) is 11.1. The Kier molecular flexibility index (Phi) is 6.15. The van der Waals surface area contributed by atoms with Crippen LogP contribution in [0.4, 0.5) is 0 Å². The standard InChI is InChI=1S/C14H21NO4/c1-2-3-4-7-19-14(18)12(15)9-10-8-11(16)5-6-13(10)17/h5-6,8,12,16-17H,2-4,7,9,15H2,1H3/t12-/m0/s1. The molecule has 0 aromatic heterocycles. The van der Waals surface area contributed by atoms with Crippen molar-refractivity contribution in [1.82, 2.24) is 0 Å². The third-order valence-corrected chi connectivity index (χ3v) is 2.80. The molecule has 0 heterocycles. The Morgan fingerprint density at radius 2 is 2.11 bits per heavy atom. The van der Waals surface area contributed by atoms with Gasteiger partial charge in [0.15, 0.2) is 0 Å². The van der Waals surface area contributed by atoms with Gasteiger partial charge in [-0.25, -0.2) is 0 Å². The lowest BCUT2D eigenvalue weighted by Gasteiger charge is -2.12. The van der Waals surface area contributed by atoms with Crippen LogP contribution >= 0.6 is 0 Å². The zero-order chi connectivity index (χ0) is 14.3. The lowest BCUT2D eigenvalue weighted by molar-refractivity contribution is -0.145. The number of nitrogens with two attached hydrogens (primary N) is 1. The minimum absolute atomic E-state index is 0.00651. The molecule has 0 fully saturated rings. The van der Waals surface area contributed by atoms with Gasteiger partial charge in [0.25, 0.3) is 0 Å². The van der Waals surface area contributed by atoms with Crippen molar-refractivity contribution >= 4 is 5.97 Å². The summed E-state index contributed by atoms with van der Waals surface area (Å²) in [6.45, 7) is 2.44. The van der Waals surface area contributed by atoms with E-state index in [9.17, 15) is 15.0 Å². The Bertz CT molecular complexity index is 420. The number of carbonyl (C=O) groups is 1. The maximum Gasteiger partial charge on any atom is 0.323 e. The zero-order valence-corrected chi connectivity index (χ0v) is 11.1. The molecule has 0 bridgehead atoms. The second-order valence-corrected chi connectivity index (χ2v) is 4.50. The molecule has 0 spiro atoms. The molecule has 0 aliphatic heterocycles. The molecule has 0 saturated carbocycles. The van der Waals surface area contributed by atoms with Gasteiger partial charge in [-0.05, 0) is 30.2 Å². The molecule has 0 radical (unpaired) electrons. The molecule has 106 valence electrons. The van der Waals surface area contributed by atoms with Crippen LogP contribution in [0.2, 0.25) is 0 Å². The van der Waals surface area contributed by atoms with E-state index in [-0.39, 0.29) is 17.9 Å². The number of esters is 1. The molecule has 1 atom stereocenters. The van der Waals surface area contributed by atoms with Crippen molar-refractivity contribution in [3.63, 3.8) is 0 Å². The monoisotopic (exact) mass is 267 g/mol. The molecule has 1 rings (SSSR count). The van der Waals surface area contributed by atoms with Crippen LogP contribution in [0.3, 0.4) is 0 Å². The van der Waals surface area contributed by atoms with Gasteiger partial charge in [0.1, 0.15) is 17.5 Å². The normalized spacial score (nSPS) is 12.1. The third kappa shape index (κ3) is 5.18. The van der Waals surface area contributed by atoms with Crippen molar-refractivity contribution in [2.24, 2.45) is 5.73 Å². The van der Waals surface area contributed by atoms with Gasteiger partial charge in [-0.1, -0.05) is 19.8 Å². The summed E-state index contributed by atoms with van der Waals surface area (Å²) >= 11 is 0. The molecule has 4 N–H and O–H groups in total. The summed E-state index contributed by atoms with van der Waals surface area (Å²) in [5.41, 5.74) is 6.14. The maximum atomic E-state index is 11.6. The lowest BCUT2D eigenvalue weighted by Crippen LogP contribution is -2.34. The second-order valence-electron chi connectivity index (χ2n) is 4.50. The van der Waals surface area contributed by atoms with Crippen LogP contribution in [0.25, 0.3) is 0 Å². The quantitative estimate of drug-likeness (QED) is 0.397. The first-order valence-electron chi connectivity index (χ1n) is 6.47. The van der Waals surface area contributed by atoms with Crippen molar-refractivity contribution in [3.8, 4) is 11.5 Å². The fourth-order valence-electron chi connectivity index (χ4n) is 1.69. The topological polar surface area (TPSA) is 92.8 Å². The number of rotatable bonds is 7. The number of carbonyl (C=O) groups excluding carboxylic acids is 1. The van der Waals surface area contributed by atoms with Crippen LogP contribution < -0.4 is 5.73 Å². The van der Waals surface area contributed by atoms with Crippen molar-refractivity contribution in [2.75, 3.05) is 6.61 Å². The first kappa shape index (κ1) is 15.3. The fourth-order valence-corrected chi connectivity index (χ4v) is 1.69. The van der Waals surface area contributed by atoms with Crippen LogP contribution in [0.1, 0.15) is 31.7 Å². The largest absolute Gasteiger partial charge is 0.508 e. The molecule has 0 unspecified atom stereocenters. The van der Waals surface area contributed by atoms with E-state index in [1.165, 1.54) is 18.2 Å². The van der Waals surface area contributed by atoms with E-state index in [4.69, 9.17) is 10.5 Å². The number of hydrogen-bond donors (Lipinski definition) is 3. The number of aromatic hydroxyl groups is 2. The van der Waals surface area contributed by atoms with E-state index < -0.39 is 12.0 Å². The molecule has 1 aromatic rings. The Labute approximate surface area is 113 Å². The lowest BCUT2D eigenvalue weighted by atomic mass is 10.1. The summed E-state index contributed by atoms with van der Waals surface area (Å²) in [5.74, 6) is -0.456. The molecule has 0 aliphatic carbocycles. The molecule has 0 amide bonds. The summed E-state index contributed by atoms with van der Waals surface area (Å²) in [4.78, 5) is 11.6. The van der Waals surface area contributed by atoms with E-state index >= 15 is 0 Å². The number of phenols is 2. The number of benzene rings is 1. The van der Waals surface area contributed by atoms with Crippen LogP contribution in [-0.2, 0) is 16.0 Å². The van der Waals surface area contributed by atoms with Gasteiger partial charge in [-0.15, -0.1) is 0 Å². The molecule has 5 heteroatoms. The number of hydrogen-bond acceptors (Lipinski definition) is 5. The highest BCUT2D eigenvalue weighted by molar-refractivity contribution is 5.76. The summed E-state index contributed by atoms with van der Waals surface area (Å²) < 4.78 is 5.04. The van der Waals surface area contributed by atoms with Gasteiger partial charge in [0.2, 0.25) is 0 Å². The van der Waals surface area contributed by atoms with Crippen molar-refractivity contribution in [2.45, 2.75) is 38.6 Å². The summed E-state index contributed by atoms with van der Waals surface area (Å²) in [7, 11) is 0. The number of phenolic OH excluding ortho intramolecular Hbond substituents is 2. The van der Waals surface area contributed by atoms with Gasteiger partial charge in [0.05, 0.1) is 6.61 Å². The minimum Gasteiger partial charge on any atom is -0.508 e. The molecule has 5 nitrogen and oxygen atoms in total. The highest BCUT2D eigenvalue weighted by atomic mass is 16.5. The minimum atomic E-state index is -0.839. The Morgan fingerprint density at radius 1 is 1.37 bits per heavy atom. The summed E-state index contributed by atoms with van der Waals surface area (Å²) in [6, 6.07) is 3.28. The van der Waals surface area contributed by atoms with Crippen LogP contribution in [0.5, 0.6) is 11.5 Å². The molecule has 19 heavy (non-hydrogen) atoms. The molecule has 0 saturated heterocycles. The SMILES string of the molecule is CCCCCOC(=O)[C@@H](N)Cc1cc(O)ccc1O.